The fraction of sp³-hybridized carbons (Fsp3) is 0.562. The molecule has 1 aromatic carbocycles. The zero-order valence-electron chi connectivity index (χ0n) is 13.1. The molecule has 5 heteroatoms. The van der Waals surface area contributed by atoms with E-state index in [1.807, 2.05) is 37.6 Å². The van der Waals surface area contributed by atoms with Crippen LogP contribution in [0.4, 0.5) is 5.69 Å². The summed E-state index contributed by atoms with van der Waals surface area (Å²) in [5.74, 6) is 0.0496. The minimum atomic E-state index is 0.0496. The van der Waals surface area contributed by atoms with E-state index in [0.29, 0.717) is 6.54 Å². The second kappa shape index (κ2) is 7.29. The first-order chi connectivity index (χ1) is 10.0. The minimum absolute atomic E-state index is 0.0496. The number of anilines is 1. The number of hydrogen-bond donors (Lipinski definition) is 2. The van der Waals surface area contributed by atoms with Crippen LogP contribution in [0.25, 0.3) is 0 Å². The van der Waals surface area contributed by atoms with E-state index >= 15 is 0 Å². The molecule has 0 bridgehead atoms. The van der Waals surface area contributed by atoms with Crippen molar-refractivity contribution >= 4 is 23.4 Å². The lowest BCUT2D eigenvalue weighted by molar-refractivity contribution is -0.117. The van der Waals surface area contributed by atoms with E-state index in [1.54, 1.807) is 11.8 Å². The Hall–Kier alpha value is -1.04. The fourth-order valence-electron chi connectivity index (χ4n) is 2.89. The van der Waals surface area contributed by atoms with Crippen molar-refractivity contribution in [1.29, 1.82) is 0 Å². The third kappa shape index (κ3) is 4.73. The lowest BCUT2D eigenvalue weighted by atomic mass is 9.89. The molecular formula is C16H25N3OS. The fourth-order valence-corrected chi connectivity index (χ4v) is 3.45. The quantitative estimate of drug-likeness (QED) is 0.792. The molecule has 2 rings (SSSR count). The summed E-state index contributed by atoms with van der Waals surface area (Å²) in [4.78, 5) is 15.4. The van der Waals surface area contributed by atoms with Gasteiger partial charge >= 0.3 is 0 Å². The predicted molar refractivity (Wildman–Crippen MR) is 89.9 cm³/mol. The molecule has 1 heterocycles. The van der Waals surface area contributed by atoms with Gasteiger partial charge in [-0.3, -0.25) is 9.69 Å². The summed E-state index contributed by atoms with van der Waals surface area (Å²) in [6, 6.07) is 7.91. The summed E-state index contributed by atoms with van der Waals surface area (Å²) in [6.07, 6.45) is 3.19. The summed E-state index contributed by atoms with van der Waals surface area (Å²) in [6.45, 7) is 5.77. The van der Waals surface area contributed by atoms with Crippen LogP contribution in [0.5, 0.6) is 0 Å². The number of rotatable bonds is 6. The largest absolute Gasteiger partial charge is 0.324 e. The smallest absolute Gasteiger partial charge is 0.238 e. The molecular weight excluding hydrogens is 282 g/mol. The van der Waals surface area contributed by atoms with E-state index in [9.17, 15) is 4.79 Å². The van der Waals surface area contributed by atoms with Crippen molar-refractivity contribution in [2.24, 2.45) is 5.41 Å². The Bertz CT molecular complexity index is 486. The van der Waals surface area contributed by atoms with Gasteiger partial charge in [-0.1, -0.05) is 19.1 Å². The van der Waals surface area contributed by atoms with Crippen LogP contribution in [0, 0.1) is 5.41 Å². The lowest BCUT2D eigenvalue weighted by Gasteiger charge is -2.28. The second-order valence-electron chi connectivity index (χ2n) is 6.16. The average Bonchev–Trinajstić information content (AvgIpc) is 2.85. The third-order valence-electron chi connectivity index (χ3n) is 3.90. The van der Waals surface area contributed by atoms with Crippen molar-refractivity contribution in [3.8, 4) is 0 Å². The molecule has 116 valence electrons. The third-order valence-corrected chi connectivity index (χ3v) is 4.70. The first kappa shape index (κ1) is 16.3. The summed E-state index contributed by atoms with van der Waals surface area (Å²) >= 11 is 1.65. The molecule has 0 aliphatic carbocycles. The molecule has 0 spiro atoms. The van der Waals surface area contributed by atoms with Crippen LogP contribution in [0.1, 0.15) is 13.3 Å². The van der Waals surface area contributed by atoms with Gasteiger partial charge in [0.05, 0.1) is 12.2 Å². The molecule has 2 N–H and O–H groups in total. The van der Waals surface area contributed by atoms with Gasteiger partial charge in [-0.25, -0.2) is 0 Å². The van der Waals surface area contributed by atoms with Gasteiger partial charge in [0.1, 0.15) is 0 Å². The highest BCUT2D eigenvalue weighted by atomic mass is 32.2. The number of thioether (sulfide) groups is 1. The minimum Gasteiger partial charge on any atom is -0.324 e. The van der Waals surface area contributed by atoms with Crippen LogP contribution in [0.2, 0.25) is 0 Å². The molecule has 1 saturated heterocycles. The zero-order chi connectivity index (χ0) is 15.3. The number of hydrogen-bond acceptors (Lipinski definition) is 4. The molecule has 1 aliphatic heterocycles. The van der Waals surface area contributed by atoms with E-state index in [-0.39, 0.29) is 11.3 Å². The lowest BCUT2D eigenvalue weighted by Crippen LogP contribution is -2.39. The standard InChI is InChI=1S/C16H25N3OS/c1-16(8-9-17-11-16)12-19(2)10-15(20)18-13-6-4-5-7-14(13)21-3/h4-7,17H,8-12H2,1-3H3,(H,18,20). The Labute approximate surface area is 131 Å². The Morgan fingerprint density at radius 3 is 2.90 bits per heavy atom. The highest BCUT2D eigenvalue weighted by molar-refractivity contribution is 7.98. The molecule has 0 radical (unpaired) electrons. The number of para-hydroxylation sites is 1. The summed E-state index contributed by atoms with van der Waals surface area (Å²) in [5.41, 5.74) is 1.18. The van der Waals surface area contributed by atoms with Gasteiger partial charge in [-0.05, 0) is 43.8 Å². The number of likely N-dealkylation sites (N-methyl/N-ethyl adjacent to an activating group) is 1. The van der Waals surface area contributed by atoms with Gasteiger partial charge in [0.15, 0.2) is 0 Å². The monoisotopic (exact) mass is 307 g/mol. The number of benzene rings is 1. The maximum atomic E-state index is 12.2. The molecule has 1 fully saturated rings. The van der Waals surface area contributed by atoms with Gasteiger partial charge in [0.25, 0.3) is 0 Å². The van der Waals surface area contributed by atoms with Crippen LogP contribution in [0.15, 0.2) is 29.2 Å². The van der Waals surface area contributed by atoms with Crippen molar-refractivity contribution in [3.05, 3.63) is 24.3 Å². The Kier molecular flexibility index (Phi) is 5.67. The number of amides is 1. The molecule has 1 atom stereocenters. The van der Waals surface area contributed by atoms with E-state index in [4.69, 9.17) is 0 Å². The molecule has 1 amide bonds. The topological polar surface area (TPSA) is 44.4 Å². The van der Waals surface area contributed by atoms with Crippen LogP contribution in [0.3, 0.4) is 0 Å². The average molecular weight is 307 g/mol. The summed E-state index contributed by atoms with van der Waals surface area (Å²) in [5, 5.41) is 6.41. The van der Waals surface area contributed by atoms with Gasteiger partial charge in [0, 0.05) is 18.0 Å². The molecule has 4 nitrogen and oxygen atoms in total. The number of carbonyl (C=O) groups excluding carboxylic acids is 1. The first-order valence-electron chi connectivity index (χ1n) is 7.34. The SMILES string of the molecule is CSc1ccccc1NC(=O)CN(C)CC1(C)CCNC1. The van der Waals surface area contributed by atoms with Crippen LogP contribution < -0.4 is 10.6 Å². The number of nitrogens with one attached hydrogen (secondary N) is 2. The van der Waals surface area contributed by atoms with Crippen molar-refractivity contribution < 1.29 is 4.79 Å². The summed E-state index contributed by atoms with van der Waals surface area (Å²) < 4.78 is 0. The Morgan fingerprint density at radius 2 is 2.24 bits per heavy atom. The highest BCUT2D eigenvalue weighted by Gasteiger charge is 2.30. The van der Waals surface area contributed by atoms with Crippen molar-refractivity contribution in [2.45, 2.75) is 18.2 Å². The van der Waals surface area contributed by atoms with Gasteiger partial charge in [0.2, 0.25) is 5.91 Å². The van der Waals surface area contributed by atoms with Gasteiger partial charge < -0.3 is 10.6 Å². The van der Waals surface area contributed by atoms with Crippen molar-refractivity contribution in [1.82, 2.24) is 10.2 Å². The van der Waals surface area contributed by atoms with Gasteiger partial charge in [-0.15, -0.1) is 11.8 Å². The maximum Gasteiger partial charge on any atom is 0.238 e. The molecule has 1 aliphatic rings. The van der Waals surface area contributed by atoms with Crippen molar-refractivity contribution in [3.63, 3.8) is 0 Å². The van der Waals surface area contributed by atoms with Gasteiger partial charge in [-0.2, -0.15) is 0 Å². The van der Waals surface area contributed by atoms with E-state index < -0.39 is 0 Å². The van der Waals surface area contributed by atoms with Crippen LogP contribution in [-0.4, -0.2) is 50.3 Å². The van der Waals surface area contributed by atoms with Crippen LogP contribution >= 0.6 is 11.8 Å². The molecule has 21 heavy (non-hydrogen) atoms. The Morgan fingerprint density at radius 1 is 1.48 bits per heavy atom. The Balaban J connectivity index is 1.86. The van der Waals surface area contributed by atoms with Crippen molar-refractivity contribution in [2.75, 3.05) is 44.8 Å². The molecule has 0 saturated carbocycles. The predicted octanol–water partition coefficient (Wildman–Crippen LogP) is 2.28. The molecule has 1 unspecified atom stereocenters. The van der Waals surface area contributed by atoms with E-state index in [2.05, 4.69) is 22.5 Å². The zero-order valence-corrected chi connectivity index (χ0v) is 13.9. The normalized spacial score (nSPS) is 21.7. The number of carbonyl (C=O) groups is 1. The van der Waals surface area contributed by atoms with Crippen LogP contribution in [-0.2, 0) is 4.79 Å². The second-order valence-corrected chi connectivity index (χ2v) is 7.01. The summed E-state index contributed by atoms with van der Waals surface area (Å²) in [7, 11) is 2.02. The maximum absolute atomic E-state index is 12.2. The first-order valence-corrected chi connectivity index (χ1v) is 8.57. The molecule has 1 aromatic rings. The number of nitrogens with zero attached hydrogens (tertiary/aromatic N) is 1. The highest BCUT2D eigenvalue weighted by Crippen LogP contribution is 2.26. The molecule has 0 aromatic heterocycles. The van der Waals surface area contributed by atoms with E-state index in [1.165, 1.54) is 6.42 Å². The van der Waals surface area contributed by atoms with E-state index in [0.717, 1.165) is 30.2 Å².